The number of carbonyl (C=O) groups excluding carboxylic acids is 1. The highest BCUT2D eigenvalue weighted by Gasteiger charge is 2.42. The van der Waals surface area contributed by atoms with Gasteiger partial charge in [-0.1, -0.05) is 31.0 Å². The molecule has 0 bridgehead atoms. The molecule has 33 heavy (non-hydrogen) atoms. The normalized spacial score (nSPS) is 24.7. The Morgan fingerprint density at radius 2 is 1.88 bits per heavy atom. The second-order valence-corrected chi connectivity index (χ2v) is 13.1. The topological polar surface area (TPSA) is 90.9 Å². The number of sulfone groups is 1. The van der Waals surface area contributed by atoms with Gasteiger partial charge in [0.25, 0.3) is 5.91 Å². The number of anilines is 1. The molecule has 0 spiro atoms. The third-order valence-electron chi connectivity index (χ3n) is 6.80. The van der Waals surface area contributed by atoms with Crippen LogP contribution in [0.4, 0.5) is 5.69 Å². The van der Waals surface area contributed by atoms with Crippen LogP contribution in [0.3, 0.4) is 0 Å². The van der Waals surface area contributed by atoms with Crippen molar-refractivity contribution < 1.29 is 13.2 Å². The number of thioether (sulfide) groups is 1. The molecule has 2 N–H and O–H groups in total. The number of fused-ring (bicyclic) bond motifs is 1. The molecule has 0 aromatic heterocycles. The largest absolute Gasteiger partial charge is 0.352 e. The van der Waals surface area contributed by atoms with E-state index in [-0.39, 0.29) is 28.7 Å². The SMILES string of the molecule is CC(C)N(CCCNC(=O)c1ccc(NC2=N[C@@H]3CS(=O)(=O)C[C@@H]3S2)cc1)C1CCCCC1. The highest BCUT2D eigenvalue weighted by Crippen LogP contribution is 2.34. The van der Waals surface area contributed by atoms with Gasteiger partial charge in [-0.3, -0.25) is 14.7 Å². The maximum Gasteiger partial charge on any atom is 0.251 e. The van der Waals surface area contributed by atoms with Gasteiger partial charge in [-0.25, -0.2) is 8.42 Å². The molecule has 0 unspecified atom stereocenters. The lowest BCUT2D eigenvalue weighted by Gasteiger charge is -2.37. The zero-order valence-corrected chi connectivity index (χ0v) is 21.3. The van der Waals surface area contributed by atoms with Crippen LogP contribution in [0.1, 0.15) is 62.7 Å². The summed E-state index contributed by atoms with van der Waals surface area (Å²) in [6, 6.07) is 8.45. The Kier molecular flexibility index (Phi) is 8.02. The highest BCUT2D eigenvalue weighted by molar-refractivity contribution is 8.15. The summed E-state index contributed by atoms with van der Waals surface area (Å²) in [7, 11) is -2.94. The summed E-state index contributed by atoms with van der Waals surface area (Å²) < 4.78 is 23.4. The number of hydrogen-bond acceptors (Lipinski definition) is 7. The van der Waals surface area contributed by atoms with Gasteiger partial charge < -0.3 is 10.6 Å². The third kappa shape index (κ3) is 6.51. The van der Waals surface area contributed by atoms with E-state index in [4.69, 9.17) is 0 Å². The van der Waals surface area contributed by atoms with Gasteiger partial charge in [0, 0.05) is 41.7 Å². The predicted molar refractivity (Wildman–Crippen MR) is 137 cm³/mol. The van der Waals surface area contributed by atoms with Crippen molar-refractivity contribution in [2.45, 2.75) is 75.7 Å². The number of hydrogen-bond donors (Lipinski definition) is 2. The molecule has 3 aliphatic rings. The minimum atomic E-state index is -2.94. The van der Waals surface area contributed by atoms with Crippen LogP contribution in [0.5, 0.6) is 0 Å². The fourth-order valence-electron chi connectivity index (χ4n) is 5.09. The lowest BCUT2D eigenvalue weighted by Crippen LogP contribution is -2.43. The van der Waals surface area contributed by atoms with Crippen molar-refractivity contribution in [2.24, 2.45) is 4.99 Å². The van der Waals surface area contributed by atoms with Crippen molar-refractivity contribution in [1.29, 1.82) is 0 Å². The molecule has 1 saturated carbocycles. The molecule has 1 saturated heterocycles. The van der Waals surface area contributed by atoms with Crippen LogP contribution in [-0.2, 0) is 9.84 Å². The number of benzene rings is 1. The molecule has 7 nitrogen and oxygen atoms in total. The number of nitrogens with zero attached hydrogens (tertiary/aromatic N) is 2. The first-order chi connectivity index (χ1) is 15.8. The van der Waals surface area contributed by atoms with Crippen LogP contribution in [0.15, 0.2) is 29.3 Å². The van der Waals surface area contributed by atoms with Crippen molar-refractivity contribution in [2.75, 3.05) is 29.9 Å². The average molecular weight is 493 g/mol. The van der Waals surface area contributed by atoms with E-state index in [0.717, 1.165) is 23.8 Å². The van der Waals surface area contributed by atoms with E-state index in [9.17, 15) is 13.2 Å². The summed E-state index contributed by atoms with van der Waals surface area (Å²) >= 11 is 1.49. The molecule has 2 aliphatic heterocycles. The molecule has 1 aliphatic carbocycles. The lowest BCUT2D eigenvalue weighted by molar-refractivity contribution is 0.0942. The minimum absolute atomic E-state index is 0.0206. The summed E-state index contributed by atoms with van der Waals surface area (Å²) in [4.78, 5) is 19.7. The van der Waals surface area contributed by atoms with Crippen LogP contribution in [-0.4, -0.2) is 72.4 Å². The molecule has 2 atom stereocenters. The van der Waals surface area contributed by atoms with E-state index in [2.05, 4.69) is 34.4 Å². The monoisotopic (exact) mass is 492 g/mol. The number of amides is 1. The number of carbonyl (C=O) groups is 1. The van der Waals surface area contributed by atoms with Crippen LogP contribution in [0.25, 0.3) is 0 Å². The molecule has 182 valence electrons. The van der Waals surface area contributed by atoms with Gasteiger partial charge in [0.2, 0.25) is 0 Å². The lowest BCUT2D eigenvalue weighted by atomic mass is 9.93. The summed E-state index contributed by atoms with van der Waals surface area (Å²) in [6.45, 7) is 6.24. The van der Waals surface area contributed by atoms with Crippen molar-refractivity contribution in [3.8, 4) is 0 Å². The van der Waals surface area contributed by atoms with Gasteiger partial charge in [-0.15, -0.1) is 0 Å². The van der Waals surface area contributed by atoms with Crippen molar-refractivity contribution in [3.63, 3.8) is 0 Å². The van der Waals surface area contributed by atoms with Gasteiger partial charge >= 0.3 is 0 Å². The summed E-state index contributed by atoms with van der Waals surface area (Å²) in [5.74, 6) is 0.290. The Labute approximate surface area is 202 Å². The van der Waals surface area contributed by atoms with E-state index in [0.29, 0.717) is 24.2 Å². The second kappa shape index (κ2) is 10.8. The first-order valence-electron chi connectivity index (χ1n) is 12.2. The summed E-state index contributed by atoms with van der Waals surface area (Å²) in [6.07, 6.45) is 7.60. The molecule has 1 aromatic carbocycles. The van der Waals surface area contributed by atoms with E-state index < -0.39 is 9.84 Å². The van der Waals surface area contributed by atoms with E-state index in [1.165, 1.54) is 43.9 Å². The fraction of sp³-hybridized carbons (Fsp3) is 0.667. The third-order valence-corrected chi connectivity index (χ3v) is 9.94. The minimum Gasteiger partial charge on any atom is -0.352 e. The first kappa shape index (κ1) is 24.5. The van der Waals surface area contributed by atoms with Gasteiger partial charge in [0.1, 0.15) is 0 Å². The zero-order chi connectivity index (χ0) is 23.4. The molecule has 2 heterocycles. The standard InChI is InChI=1S/C24H36N4O3S2/c1-17(2)28(20-7-4-3-5-8-20)14-6-13-25-23(29)18-9-11-19(12-10-18)26-24-27-21-15-33(30,31)16-22(21)32-24/h9-12,17,20-22H,3-8,13-16H2,1-2H3,(H,25,29)(H,26,27)/t21-,22+/m1/s1. The smallest absolute Gasteiger partial charge is 0.251 e. The Morgan fingerprint density at radius 1 is 1.15 bits per heavy atom. The van der Waals surface area contributed by atoms with Gasteiger partial charge in [-0.05, 0) is 57.4 Å². The second-order valence-electron chi connectivity index (χ2n) is 9.67. The molecule has 1 aromatic rings. The molecular formula is C24H36N4O3S2. The Hall–Kier alpha value is -1.58. The first-order valence-corrected chi connectivity index (χ1v) is 14.9. The van der Waals surface area contributed by atoms with Crippen LogP contribution in [0.2, 0.25) is 0 Å². The fourth-order valence-corrected chi connectivity index (χ4v) is 8.76. The number of aliphatic imine (C=N–C) groups is 1. The Balaban J connectivity index is 1.21. The summed E-state index contributed by atoms with van der Waals surface area (Å²) in [5, 5.41) is 7.08. The van der Waals surface area contributed by atoms with Crippen molar-refractivity contribution in [3.05, 3.63) is 29.8 Å². The van der Waals surface area contributed by atoms with E-state index in [1.54, 1.807) is 0 Å². The van der Waals surface area contributed by atoms with Crippen LogP contribution < -0.4 is 10.6 Å². The maximum atomic E-state index is 12.5. The van der Waals surface area contributed by atoms with Gasteiger partial charge in [-0.2, -0.15) is 0 Å². The summed E-state index contributed by atoms with van der Waals surface area (Å²) in [5.41, 5.74) is 1.48. The quantitative estimate of drug-likeness (QED) is 0.540. The predicted octanol–water partition coefficient (Wildman–Crippen LogP) is 3.53. The van der Waals surface area contributed by atoms with Crippen molar-refractivity contribution in [1.82, 2.24) is 10.2 Å². The van der Waals surface area contributed by atoms with Crippen LogP contribution >= 0.6 is 11.8 Å². The molecule has 1 amide bonds. The number of amidine groups is 1. The Bertz CT molecular complexity index is 956. The van der Waals surface area contributed by atoms with E-state index in [1.807, 2.05) is 24.3 Å². The van der Waals surface area contributed by atoms with E-state index >= 15 is 0 Å². The highest BCUT2D eigenvalue weighted by atomic mass is 32.2. The molecule has 9 heteroatoms. The zero-order valence-electron chi connectivity index (χ0n) is 19.6. The molecule has 0 radical (unpaired) electrons. The Morgan fingerprint density at radius 3 is 2.55 bits per heavy atom. The number of rotatable bonds is 8. The van der Waals surface area contributed by atoms with Crippen molar-refractivity contribution >= 4 is 38.4 Å². The molecule has 2 fully saturated rings. The van der Waals surface area contributed by atoms with Gasteiger partial charge in [0.15, 0.2) is 15.0 Å². The van der Waals surface area contributed by atoms with Crippen LogP contribution in [0, 0.1) is 0 Å². The molecule has 4 rings (SSSR count). The molecular weight excluding hydrogens is 456 g/mol. The average Bonchev–Trinajstić information content (AvgIpc) is 3.26. The maximum absolute atomic E-state index is 12.5. The van der Waals surface area contributed by atoms with Gasteiger partial charge in [0.05, 0.1) is 17.5 Å². The number of nitrogens with one attached hydrogen (secondary N) is 2.